The number of benzene rings is 3. The molecular weight excluding hydrogens is 513 g/mol. The third-order valence-corrected chi connectivity index (χ3v) is 7.07. The fraction of sp³-hybridized carbons (Fsp3) is 0.0833. The number of hydrogen-bond acceptors (Lipinski definition) is 7. The first kappa shape index (κ1) is 24.2. The number of thioether (sulfide) groups is 1. The molecule has 4 aromatic rings. The summed E-state index contributed by atoms with van der Waals surface area (Å²) in [5.74, 6) is 0.419. The number of halogens is 2. The van der Waals surface area contributed by atoms with Crippen molar-refractivity contribution in [3.05, 3.63) is 99.5 Å². The third-order valence-electron chi connectivity index (χ3n) is 4.55. The average molecular weight is 530 g/mol. The Morgan fingerprint density at radius 1 is 0.971 bits per heavy atom. The maximum absolute atomic E-state index is 12.5. The quantitative estimate of drug-likeness (QED) is 0.148. The molecule has 1 heterocycles. The van der Waals surface area contributed by atoms with E-state index in [1.165, 1.54) is 35.2 Å². The van der Waals surface area contributed by atoms with Gasteiger partial charge in [-0.15, -0.1) is 10.2 Å². The number of aromatic nitrogens is 2. The Morgan fingerprint density at radius 3 is 2.47 bits per heavy atom. The first-order chi connectivity index (χ1) is 16.5. The van der Waals surface area contributed by atoms with E-state index in [2.05, 4.69) is 15.5 Å². The van der Waals surface area contributed by atoms with Gasteiger partial charge in [0.05, 0.1) is 16.3 Å². The smallest absolute Gasteiger partial charge is 0.259 e. The van der Waals surface area contributed by atoms with E-state index in [1.807, 2.05) is 30.3 Å². The van der Waals surface area contributed by atoms with Crippen molar-refractivity contribution in [2.75, 3.05) is 11.1 Å². The molecule has 1 amide bonds. The minimum Gasteiger partial charge on any atom is -0.489 e. The van der Waals surface area contributed by atoms with E-state index in [0.29, 0.717) is 32.4 Å². The van der Waals surface area contributed by atoms with Gasteiger partial charge in [0.2, 0.25) is 5.13 Å². The molecule has 0 aliphatic rings. The van der Waals surface area contributed by atoms with Crippen LogP contribution in [0, 0.1) is 0 Å². The molecule has 10 heteroatoms. The minimum absolute atomic E-state index is 0.0478. The second-order valence-electron chi connectivity index (χ2n) is 6.96. The summed E-state index contributed by atoms with van der Waals surface area (Å²) in [7, 11) is 0. The van der Waals surface area contributed by atoms with Crippen LogP contribution in [-0.2, 0) is 6.61 Å². The molecule has 0 fully saturated rings. The van der Waals surface area contributed by atoms with Gasteiger partial charge in [0, 0.05) is 10.6 Å². The molecule has 1 aromatic heterocycles. The molecule has 0 aliphatic carbocycles. The van der Waals surface area contributed by atoms with E-state index in [0.717, 1.165) is 5.56 Å². The molecule has 0 radical (unpaired) electrons. The van der Waals surface area contributed by atoms with Crippen LogP contribution in [0.25, 0.3) is 0 Å². The number of rotatable bonds is 9. The van der Waals surface area contributed by atoms with Crippen LogP contribution in [0.1, 0.15) is 26.3 Å². The highest BCUT2D eigenvalue weighted by Crippen LogP contribution is 2.28. The third kappa shape index (κ3) is 6.57. The number of anilines is 1. The van der Waals surface area contributed by atoms with Gasteiger partial charge in [0.25, 0.3) is 5.91 Å². The normalized spacial score (nSPS) is 10.6. The van der Waals surface area contributed by atoms with E-state index in [9.17, 15) is 9.59 Å². The zero-order valence-electron chi connectivity index (χ0n) is 17.5. The summed E-state index contributed by atoms with van der Waals surface area (Å²) in [5, 5.41) is 11.6. The predicted molar refractivity (Wildman–Crippen MR) is 137 cm³/mol. The van der Waals surface area contributed by atoms with E-state index < -0.39 is 5.91 Å². The van der Waals surface area contributed by atoms with Crippen molar-refractivity contribution >= 4 is 63.1 Å². The molecule has 6 nitrogen and oxygen atoms in total. The van der Waals surface area contributed by atoms with Crippen LogP contribution in [0.5, 0.6) is 5.75 Å². The lowest BCUT2D eigenvalue weighted by molar-refractivity contribution is 0.101. The zero-order valence-corrected chi connectivity index (χ0v) is 20.7. The molecule has 0 saturated heterocycles. The monoisotopic (exact) mass is 529 g/mol. The molecule has 0 atom stereocenters. The molecule has 4 rings (SSSR count). The standard InChI is InChI=1S/C24H17Cl2N3O3S2/c25-17-8-11-19(20(26)12-17)22(31)27-23-28-29-24(34-23)33-14-21(30)16-6-9-18(10-7-16)32-13-15-4-2-1-3-5-15/h1-12H,13-14H2,(H,27,28,31). The first-order valence-corrected chi connectivity index (χ1v) is 12.6. The van der Waals surface area contributed by atoms with Gasteiger partial charge in [-0.2, -0.15) is 0 Å². The summed E-state index contributed by atoms with van der Waals surface area (Å²) in [6, 6.07) is 21.5. The van der Waals surface area contributed by atoms with Crippen molar-refractivity contribution < 1.29 is 14.3 Å². The van der Waals surface area contributed by atoms with Crippen LogP contribution in [0.4, 0.5) is 5.13 Å². The maximum atomic E-state index is 12.5. The average Bonchev–Trinajstić information content (AvgIpc) is 3.29. The van der Waals surface area contributed by atoms with Crippen LogP contribution < -0.4 is 10.1 Å². The number of carbonyl (C=O) groups is 2. The van der Waals surface area contributed by atoms with Crippen LogP contribution in [0.3, 0.4) is 0 Å². The number of nitrogens with one attached hydrogen (secondary N) is 1. The molecule has 0 spiro atoms. The van der Waals surface area contributed by atoms with E-state index >= 15 is 0 Å². The van der Waals surface area contributed by atoms with E-state index in [1.54, 1.807) is 30.3 Å². The highest BCUT2D eigenvalue weighted by atomic mass is 35.5. The lowest BCUT2D eigenvalue weighted by Crippen LogP contribution is -2.12. The Bertz CT molecular complexity index is 1300. The number of nitrogens with zero attached hydrogens (tertiary/aromatic N) is 2. The summed E-state index contributed by atoms with van der Waals surface area (Å²) in [6.07, 6.45) is 0. The van der Waals surface area contributed by atoms with Crippen LogP contribution in [-0.4, -0.2) is 27.6 Å². The predicted octanol–water partition coefficient (Wildman–Crippen LogP) is 6.65. The topological polar surface area (TPSA) is 81.2 Å². The van der Waals surface area contributed by atoms with Gasteiger partial charge in [0.1, 0.15) is 12.4 Å². The van der Waals surface area contributed by atoms with Gasteiger partial charge in [-0.3, -0.25) is 14.9 Å². The van der Waals surface area contributed by atoms with Crippen LogP contribution >= 0.6 is 46.3 Å². The van der Waals surface area contributed by atoms with E-state index in [4.69, 9.17) is 27.9 Å². The lowest BCUT2D eigenvalue weighted by atomic mass is 10.1. The lowest BCUT2D eigenvalue weighted by Gasteiger charge is -2.07. The Kier molecular flexibility index (Phi) is 8.18. The van der Waals surface area contributed by atoms with Gasteiger partial charge in [-0.25, -0.2) is 0 Å². The fourth-order valence-corrected chi connectivity index (χ4v) is 4.98. The van der Waals surface area contributed by atoms with Crippen molar-refractivity contribution in [2.24, 2.45) is 0 Å². The first-order valence-electron chi connectivity index (χ1n) is 10.0. The highest BCUT2D eigenvalue weighted by Gasteiger charge is 2.15. The SMILES string of the molecule is O=C(CSc1nnc(NC(=O)c2ccc(Cl)cc2Cl)s1)c1ccc(OCc2ccccc2)cc1. The van der Waals surface area contributed by atoms with E-state index in [-0.39, 0.29) is 22.1 Å². The fourth-order valence-electron chi connectivity index (χ4n) is 2.85. The maximum Gasteiger partial charge on any atom is 0.259 e. The summed E-state index contributed by atoms with van der Waals surface area (Å²) in [4.78, 5) is 24.9. The Hall–Kier alpha value is -2.91. The molecule has 3 aromatic carbocycles. The van der Waals surface area contributed by atoms with Crippen molar-refractivity contribution in [3.8, 4) is 5.75 Å². The number of hydrogen-bond donors (Lipinski definition) is 1. The van der Waals surface area contributed by atoms with Gasteiger partial charge in [-0.05, 0) is 48.0 Å². The molecule has 0 unspecified atom stereocenters. The van der Waals surface area contributed by atoms with Gasteiger partial charge in [-0.1, -0.05) is 76.6 Å². The van der Waals surface area contributed by atoms with Gasteiger partial charge >= 0.3 is 0 Å². The molecular formula is C24H17Cl2N3O3S2. The van der Waals surface area contributed by atoms with Gasteiger partial charge < -0.3 is 4.74 Å². The summed E-state index contributed by atoms with van der Waals surface area (Å²) in [5.41, 5.74) is 1.93. The van der Waals surface area contributed by atoms with Crippen molar-refractivity contribution in [3.63, 3.8) is 0 Å². The number of amides is 1. The van der Waals surface area contributed by atoms with Crippen molar-refractivity contribution in [1.82, 2.24) is 10.2 Å². The molecule has 34 heavy (non-hydrogen) atoms. The molecule has 172 valence electrons. The van der Waals surface area contributed by atoms with Gasteiger partial charge in [0.15, 0.2) is 10.1 Å². The second kappa shape index (κ2) is 11.5. The number of carbonyl (C=O) groups excluding carboxylic acids is 2. The van der Waals surface area contributed by atoms with Crippen molar-refractivity contribution in [2.45, 2.75) is 10.9 Å². The molecule has 0 bridgehead atoms. The summed E-state index contributed by atoms with van der Waals surface area (Å²) >= 11 is 14.4. The Morgan fingerprint density at radius 2 is 1.74 bits per heavy atom. The van der Waals surface area contributed by atoms with Crippen LogP contribution in [0.15, 0.2) is 77.1 Å². The van der Waals surface area contributed by atoms with Crippen molar-refractivity contribution in [1.29, 1.82) is 0 Å². The minimum atomic E-state index is -0.417. The molecule has 0 saturated carbocycles. The van der Waals surface area contributed by atoms with Crippen LogP contribution in [0.2, 0.25) is 10.0 Å². The molecule has 0 aliphatic heterocycles. The Labute approximate surface area is 214 Å². The zero-order chi connectivity index (χ0) is 23.9. The number of Topliss-reactive ketones (excluding diaryl/α,β-unsaturated/α-hetero) is 1. The molecule has 1 N–H and O–H groups in total. The number of ether oxygens (including phenoxy) is 1. The second-order valence-corrected chi connectivity index (χ2v) is 10.0. The number of ketones is 1. The summed E-state index contributed by atoms with van der Waals surface area (Å²) < 4.78 is 6.32. The highest BCUT2D eigenvalue weighted by molar-refractivity contribution is 8.01. The Balaban J connectivity index is 1.27. The summed E-state index contributed by atoms with van der Waals surface area (Å²) in [6.45, 7) is 0.462. The largest absolute Gasteiger partial charge is 0.489 e.